The van der Waals surface area contributed by atoms with Crippen LogP contribution in [0.3, 0.4) is 0 Å². The highest BCUT2D eigenvalue weighted by Crippen LogP contribution is 2.29. The summed E-state index contributed by atoms with van der Waals surface area (Å²) in [5, 5.41) is 8.12. The highest BCUT2D eigenvalue weighted by molar-refractivity contribution is 7.15. The molecule has 0 atom stereocenters. The molecule has 22 heavy (non-hydrogen) atoms. The number of hydrogen-bond donors (Lipinski definition) is 1. The maximum atomic E-state index is 4.47. The molecule has 4 nitrogen and oxygen atoms in total. The van der Waals surface area contributed by atoms with Crippen LogP contribution in [0.2, 0.25) is 0 Å². The predicted molar refractivity (Wildman–Crippen MR) is 94.4 cm³/mol. The number of hydrogen-bond acceptors (Lipinski definition) is 4. The fraction of sp³-hybridized carbons (Fsp3) is 0.294. The molecule has 3 aromatic rings. The largest absolute Gasteiger partial charge is 0.365 e. The van der Waals surface area contributed by atoms with Gasteiger partial charge in [0, 0.05) is 30.7 Å². The van der Waals surface area contributed by atoms with Crippen molar-refractivity contribution >= 4 is 16.5 Å². The van der Waals surface area contributed by atoms with Crippen LogP contribution in [0.15, 0.2) is 42.7 Å². The van der Waals surface area contributed by atoms with Crippen LogP contribution in [0.1, 0.15) is 17.4 Å². The van der Waals surface area contributed by atoms with E-state index in [1.165, 1.54) is 10.4 Å². The molecule has 3 rings (SSSR count). The molecule has 0 amide bonds. The van der Waals surface area contributed by atoms with Gasteiger partial charge in [-0.05, 0) is 18.9 Å². The SMILES string of the molecule is CCc1ccccc1.CNc1nc(-c2cnn(C)c2)c(C)s1. The standard InChI is InChI=1S/C9H12N4S.C8H10/c1-6-8(12-9(10-2)14-6)7-4-11-13(3)5-7;1-2-8-6-4-3-5-7-8/h4-5H,1-3H3,(H,10,12);3-7H,2H2,1H3. The lowest BCUT2D eigenvalue weighted by atomic mass is 10.2. The number of thiazole rings is 1. The quantitative estimate of drug-likeness (QED) is 0.790. The summed E-state index contributed by atoms with van der Waals surface area (Å²) in [5.41, 5.74) is 3.50. The first-order valence-electron chi connectivity index (χ1n) is 7.32. The molecule has 116 valence electrons. The van der Waals surface area contributed by atoms with E-state index >= 15 is 0 Å². The second-order valence-corrected chi connectivity index (χ2v) is 6.12. The third-order valence-electron chi connectivity index (χ3n) is 3.24. The molecule has 0 fully saturated rings. The smallest absolute Gasteiger partial charge is 0.183 e. The van der Waals surface area contributed by atoms with Gasteiger partial charge in [-0.2, -0.15) is 5.10 Å². The molecule has 0 bridgehead atoms. The van der Waals surface area contributed by atoms with Gasteiger partial charge >= 0.3 is 0 Å². The van der Waals surface area contributed by atoms with E-state index in [-0.39, 0.29) is 0 Å². The Kier molecular flexibility index (Phi) is 5.72. The number of anilines is 1. The monoisotopic (exact) mass is 314 g/mol. The van der Waals surface area contributed by atoms with Crippen LogP contribution in [0.4, 0.5) is 5.13 Å². The second-order valence-electron chi connectivity index (χ2n) is 4.92. The Morgan fingerprint density at radius 3 is 2.41 bits per heavy atom. The van der Waals surface area contributed by atoms with Gasteiger partial charge in [0.05, 0.1) is 11.9 Å². The van der Waals surface area contributed by atoms with E-state index in [1.807, 2.05) is 32.6 Å². The van der Waals surface area contributed by atoms with Crippen LogP contribution in [-0.2, 0) is 13.5 Å². The number of aromatic nitrogens is 3. The summed E-state index contributed by atoms with van der Waals surface area (Å²) in [6.07, 6.45) is 4.95. The summed E-state index contributed by atoms with van der Waals surface area (Å²) in [7, 11) is 3.79. The maximum Gasteiger partial charge on any atom is 0.183 e. The summed E-state index contributed by atoms with van der Waals surface area (Å²) >= 11 is 1.66. The highest BCUT2D eigenvalue weighted by atomic mass is 32.1. The van der Waals surface area contributed by atoms with Crippen molar-refractivity contribution in [1.82, 2.24) is 14.8 Å². The molecule has 0 radical (unpaired) electrons. The van der Waals surface area contributed by atoms with Crippen molar-refractivity contribution in [2.45, 2.75) is 20.3 Å². The van der Waals surface area contributed by atoms with E-state index in [0.29, 0.717) is 0 Å². The molecule has 0 spiro atoms. The average molecular weight is 314 g/mol. The average Bonchev–Trinajstić information content (AvgIpc) is 3.14. The molecule has 0 unspecified atom stereocenters. The molecule has 0 saturated carbocycles. The van der Waals surface area contributed by atoms with Gasteiger partial charge in [0.15, 0.2) is 5.13 Å². The topological polar surface area (TPSA) is 42.7 Å². The van der Waals surface area contributed by atoms with Gasteiger partial charge in [-0.15, -0.1) is 11.3 Å². The molecule has 0 aliphatic carbocycles. The van der Waals surface area contributed by atoms with Crippen LogP contribution in [0, 0.1) is 6.92 Å². The lowest BCUT2D eigenvalue weighted by Gasteiger charge is -1.90. The highest BCUT2D eigenvalue weighted by Gasteiger charge is 2.09. The Morgan fingerprint density at radius 2 is 1.95 bits per heavy atom. The summed E-state index contributed by atoms with van der Waals surface area (Å²) < 4.78 is 1.78. The first kappa shape index (κ1) is 16.2. The summed E-state index contributed by atoms with van der Waals surface area (Å²) in [4.78, 5) is 5.68. The van der Waals surface area contributed by atoms with Crippen molar-refractivity contribution in [1.29, 1.82) is 0 Å². The van der Waals surface area contributed by atoms with Gasteiger partial charge < -0.3 is 5.32 Å². The Balaban J connectivity index is 0.000000188. The number of rotatable bonds is 3. The lowest BCUT2D eigenvalue weighted by molar-refractivity contribution is 0.768. The molecule has 5 heteroatoms. The van der Waals surface area contributed by atoms with Crippen LogP contribution < -0.4 is 5.32 Å². The Bertz CT molecular complexity index is 701. The van der Waals surface area contributed by atoms with Crippen molar-refractivity contribution in [3.63, 3.8) is 0 Å². The molecule has 0 aliphatic rings. The predicted octanol–water partition coefficient (Wildman–Crippen LogP) is 4.14. The zero-order valence-electron chi connectivity index (χ0n) is 13.5. The van der Waals surface area contributed by atoms with Crippen LogP contribution in [0.5, 0.6) is 0 Å². The molecular weight excluding hydrogens is 292 g/mol. The fourth-order valence-electron chi connectivity index (χ4n) is 2.03. The zero-order valence-corrected chi connectivity index (χ0v) is 14.3. The van der Waals surface area contributed by atoms with Crippen LogP contribution in [0.25, 0.3) is 11.3 Å². The van der Waals surface area contributed by atoms with Gasteiger partial charge in [-0.1, -0.05) is 37.3 Å². The van der Waals surface area contributed by atoms with E-state index in [4.69, 9.17) is 0 Å². The minimum atomic E-state index is 0.946. The number of aryl methyl sites for hydroxylation is 3. The fourth-order valence-corrected chi connectivity index (χ4v) is 2.82. The van der Waals surface area contributed by atoms with Gasteiger partial charge in [0.2, 0.25) is 0 Å². The first-order chi connectivity index (χ1) is 10.6. The minimum absolute atomic E-state index is 0.946. The van der Waals surface area contributed by atoms with Gasteiger partial charge in [0.25, 0.3) is 0 Å². The Labute approximate surface area is 135 Å². The summed E-state index contributed by atoms with van der Waals surface area (Å²) in [6, 6.07) is 10.5. The third-order valence-corrected chi connectivity index (χ3v) is 4.23. The normalized spacial score (nSPS) is 10.0. The number of nitrogens with zero attached hydrogens (tertiary/aromatic N) is 3. The third kappa shape index (κ3) is 4.18. The van der Waals surface area contributed by atoms with Crippen molar-refractivity contribution in [3.05, 3.63) is 53.2 Å². The van der Waals surface area contributed by atoms with E-state index in [1.54, 1.807) is 16.0 Å². The van der Waals surface area contributed by atoms with E-state index in [0.717, 1.165) is 22.8 Å². The maximum absolute atomic E-state index is 4.47. The van der Waals surface area contributed by atoms with E-state index < -0.39 is 0 Å². The number of benzene rings is 1. The van der Waals surface area contributed by atoms with Crippen LogP contribution in [-0.4, -0.2) is 21.8 Å². The number of nitrogens with one attached hydrogen (secondary N) is 1. The molecule has 1 aromatic carbocycles. The van der Waals surface area contributed by atoms with Crippen LogP contribution >= 0.6 is 11.3 Å². The second kappa shape index (κ2) is 7.75. The zero-order chi connectivity index (χ0) is 15.9. The summed E-state index contributed by atoms with van der Waals surface area (Å²) in [5.74, 6) is 0. The van der Waals surface area contributed by atoms with Crippen molar-refractivity contribution in [2.75, 3.05) is 12.4 Å². The minimum Gasteiger partial charge on any atom is -0.365 e. The molecule has 0 aliphatic heterocycles. The van der Waals surface area contributed by atoms with E-state index in [9.17, 15) is 0 Å². The molecule has 1 N–H and O–H groups in total. The van der Waals surface area contributed by atoms with E-state index in [2.05, 4.69) is 53.5 Å². The van der Waals surface area contributed by atoms with Crippen molar-refractivity contribution < 1.29 is 0 Å². The van der Waals surface area contributed by atoms with Gasteiger partial charge in [-0.3, -0.25) is 4.68 Å². The van der Waals surface area contributed by atoms with Gasteiger partial charge in [0.1, 0.15) is 0 Å². The lowest BCUT2D eigenvalue weighted by Crippen LogP contribution is -1.86. The van der Waals surface area contributed by atoms with Gasteiger partial charge in [-0.25, -0.2) is 4.98 Å². The Hall–Kier alpha value is -2.14. The molecular formula is C17H22N4S. The summed E-state index contributed by atoms with van der Waals surface area (Å²) in [6.45, 7) is 4.23. The van der Waals surface area contributed by atoms with Crippen molar-refractivity contribution in [3.8, 4) is 11.3 Å². The molecule has 2 aromatic heterocycles. The molecule has 2 heterocycles. The first-order valence-corrected chi connectivity index (χ1v) is 8.13. The molecule has 0 saturated heterocycles. The Morgan fingerprint density at radius 1 is 1.23 bits per heavy atom. The van der Waals surface area contributed by atoms with Crippen molar-refractivity contribution in [2.24, 2.45) is 7.05 Å².